The van der Waals surface area contributed by atoms with Gasteiger partial charge >= 0.3 is 11.9 Å². The molecule has 0 amide bonds. The van der Waals surface area contributed by atoms with Crippen LogP contribution < -0.4 is 0 Å². The van der Waals surface area contributed by atoms with Crippen molar-refractivity contribution in [3.05, 3.63) is 70.4 Å². The highest BCUT2D eigenvalue weighted by atomic mass is 32.1. The van der Waals surface area contributed by atoms with Gasteiger partial charge in [0, 0.05) is 28.9 Å². The Labute approximate surface area is 254 Å². The third-order valence-corrected chi connectivity index (χ3v) is 7.30. The second-order valence-electron chi connectivity index (χ2n) is 10.6. The van der Waals surface area contributed by atoms with Crippen LogP contribution in [0.3, 0.4) is 0 Å². The lowest BCUT2D eigenvalue weighted by atomic mass is 9.96. The molecule has 2 atom stereocenters. The molecule has 4 rings (SSSR count). The smallest absolute Gasteiger partial charge is 0.338 e. The first-order chi connectivity index (χ1) is 20.6. The second kappa shape index (κ2) is 14.6. The summed E-state index contributed by atoms with van der Waals surface area (Å²) in [6.45, 7) is 4.32. The molecule has 2 aromatic carbocycles. The maximum Gasteiger partial charge on any atom is 0.338 e. The minimum atomic E-state index is -1.32. The number of pyridine rings is 1. The number of rotatable bonds is 14. The van der Waals surface area contributed by atoms with Crippen molar-refractivity contribution in [3.63, 3.8) is 0 Å². The summed E-state index contributed by atoms with van der Waals surface area (Å²) in [7, 11) is 0. The van der Waals surface area contributed by atoms with Gasteiger partial charge in [0.25, 0.3) is 0 Å². The van der Waals surface area contributed by atoms with Crippen LogP contribution in [-0.4, -0.2) is 77.0 Å². The lowest BCUT2D eigenvalue weighted by Crippen LogP contribution is -2.24. The second-order valence-corrected chi connectivity index (χ2v) is 11.1. The van der Waals surface area contributed by atoms with Gasteiger partial charge in [-0.05, 0) is 60.7 Å². The predicted molar refractivity (Wildman–Crippen MR) is 161 cm³/mol. The fourth-order valence-corrected chi connectivity index (χ4v) is 4.90. The number of aromatic nitrogens is 1. The minimum Gasteiger partial charge on any atom is -0.506 e. The summed E-state index contributed by atoms with van der Waals surface area (Å²) in [5.41, 5.74) is 1.80. The number of benzene rings is 2. The molecular weight excluding hydrogens is 574 g/mol. The zero-order valence-electron chi connectivity index (χ0n) is 24.1. The van der Waals surface area contributed by atoms with Crippen LogP contribution in [0.5, 0.6) is 5.75 Å². The van der Waals surface area contributed by atoms with Gasteiger partial charge in [-0.25, -0.2) is 9.78 Å². The highest BCUT2D eigenvalue weighted by molar-refractivity contribution is 7.80. The third-order valence-electron chi connectivity index (χ3n) is 7.08. The Bertz CT molecular complexity index is 1520. The maximum absolute atomic E-state index is 13.3. The van der Waals surface area contributed by atoms with Crippen LogP contribution in [0.25, 0.3) is 10.9 Å². The van der Waals surface area contributed by atoms with Crippen molar-refractivity contribution >= 4 is 47.0 Å². The van der Waals surface area contributed by atoms with E-state index in [1.54, 1.807) is 6.07 Å². The van der Waals surface area contributed by atoms with Crippen LogP contribution in [0, 0.1) is 0 Å². The number of aliphatic hydroxyl groups is 1. The van der Waals surface area contributed by atoms with Gasteiger partial charge < -0.3 is 24.4 Å². The summed E-state index contributed by atoms with van der Waals surface area (Å²) < 4.78 is 15.6. The van der Waals surface area contributed by atoms with E-state index in [0.29, 0.717) is 36.1 Å². The molecule has 0 saturated heterocycles. The van der Waals surface area contributed by atoms with Crippen LogP contribution in [0.1, 0.15) is 87.3 Å². The number of esters is 2. The third kappa shape index (κ3) is 7.78. The molecule has 1 aromatic heterocycles. The lowest BCUT2D eigenvalue weighted by Gasteiger charge is -2.12. The molecule has 1 heterocycles. The number of Topliss-reactive ketones (excluding diaryl/α,β-unsaturated/α-hetero) is 2. The molecule has 1 aliphatic carbocycles. The number of thiol groups is 1. The number of nitrogens with zero attached hydrogens (tertiary/aromatic N) is 1. The van der Waals surface area contributed by atoms with E-state index < -0.39 is 29.6 Å². The highest BCUT2D eigenvalue weighted by Gasteiger charge is 2.42. The summed E-state index contributed by atoms with van der Waals surface area (Å²) >= 11 is 3.97. The minimum absolute atomic E-state index is 0.0299. The predicted octanol–water partition coefficient (Wildman–Crippen LogP) is 4.40. The van der Waals surface area contributed by atoms with E-state index in [4.69, 9.17) is 14.2 Å². The molecule has 0 radical (unpaired) electrons. The van der Waals surface area contributed by atoms with Crippen molar-refractivity contribution in [2.24, 2.45) is 0 Å². The summed E-state index contributed by atoms with van der Waals surface area (Å²) in [5.74, 6) is -3.02. The summed E-state index contributed by atoms with van der Waals surface area (Å²) in [6.07, 6.45) is 0.421. The number of hydrogen-bond donors (Lipinski definition) is 3. The summed E-state index contributed by atoms with van der Waals surface area (Å²) in [5, 5.41) is 21.5. The molecule has 0 aliphatic heterocycles. The van der Waals surface area contributed by atoms with Crippen molar-refractivity contribution < 1.29 is 43.6 Å². The zero-order valence-corrected chi connectivity index (χ0v) is 25.0. The Kier molecular flexibility index (Phi) is 10.9. The number of ketones is 2. The molecular formula is C32H35NO9S. The SMILES string of the molecule is CC(C)c1ccc2nc(C3C(=O)c4ccc(C(=O)OCC(O)COCCCCOC(=O)CCS)cc4C3=O)c(O)cc2c1. The molecule has 2 unspecified atom stereocenters. The van der Waals surface area contributed by atoms with E-state index in [9.17, 15) is 29.4 Å². The fraction of sp³-hybridized carbons (Fsp3) is 0.406. The molecule has 228 valence electrons. The Balaban J connectivity index is 1.32. The Morgan fingerprint density at radius 3 is 2.44 bits per heavy atom. The quantitative estimate of drug-likeness (QED) is 0.104. The molecule has 2 N–H and O–H groups in total. The van der Waals surface area contributed by atoms with Crippen molar-refractivity contribution in [2.45, 2.75) is 51.0 Å². The topological polar surface area (TPSA) is 149 Å². The van der Waals surface area contributed by atoms with Gasteiger partial charge in [-0.3, -0.25) is 14.4 Å². The van der Waals surface area contributed by atoms with E-state index in [-0.39, 0.29) is 66.3 Å². The lowest BCUT2D eigenvalue weighted by molar-refractivity contribution is -0.143. The van der Waals surface area contributed by atoms with E-state index in [1.807, 2.05) is 12.1 Å². The monoisotopic (exact) mass is 609 g/mol. The summed E-state index contributed by atoms with van der Waals surface area (Å²) in [6, 6.07) is 11.2. The van der Waals surface area contributed by atoms with E-state index in [1.165, 1.54) is 24.3 Å². The Morgan fingerprint density at radius 1 is 0.953 bits per heavy atom. The molecule has 3 aromatic rings. The average Bonchev–Trinajstić information content (AvgIpc) is 3.23. The standard InChI is InChI=1S/C32H35NO9S/c1-18(2)19-6-8-25-21(13-19)15-26(35)29(33-25)28-30(37)23-7-5-20(14-24(23)31(28)38)32(39)42-17-22(34)16-40-10-3-4-11-41-27(36)9-12-43/h5-8,13-15,18,22,28,34-35,43H,3-4,9-12,16-17H2,1-2H3. The average molecular weight is 610 g/mol. The van der Waals surface area contributed by atoms with Crippen molar-refractivity contribution in [1.29, 1.82) is 0 Å². The van der Waals surface area contributed by atoms with Crippen LogP contribution >= 0.6 is 12.6 Å². The molecule has 43 heavy (non-hydrogen) atoms. The number of unbranched alkanes of at least 4 members (excludes halogenated alkanes) is 1. The first kappa shape index (κ1) is 32.1. The molecule has 0 saturated carbocycles. The molecule has 0 spiro atoms. The van der Waals surface area contributed by atoms with Crippen molar-refractivity contribution in [1.82, 2.24) is 4.98 Å². The first-order valence-electron chi connectivity index (χ1n) is 14.2. The van der Waals surface area contributed by atoms with E-state index >= 15 is 0 Å². The first-order valence-corrected chi connectivity index (χ1v) is 14.8. The normalized spacial score (nSPS) is 15.1. The van der Waals surface area contributed by atoms with Gasteiger partial charge in [-0.2, -0.15) is 12.6 Å². The summed E-state index contributed by atoms with van der Waals surface area (Å²) in [4.78, 5) is 54.9. The van der Waals surface area contributed by atoms with Crippen molar-refractivity contribution in [3.8, 4) is 5.75 Å². The van der Waals surface area contributed by atoms with Gasteiger partial charge in [-0.1, -0.05) is 19.9 Å². The maximum atomic E-state index is 13.3. The zero-order chi connectivity index (χ0) is 31.1. The van der Waals surface area contributed by atoms with Gasteiger partial charge in [0.15, 0.2) is 11.6 Å². The Hall–Kier alpha value is -3.80. The molecule has 1 aliphatic rings. The van der Waals surface area contributed by atoms with Gasteiger partial charge in [0.2, 0.25) is 0 Å². The van der Waals surface area contributed by atoms with E-state index in [2.05, 4.69) is 31.5 Å². The molecule has 11 heteroatoms. The van der Waals surface area contributed by atoms with Crippen LogP contribution in [0.2, 0.25) is 0 Å². The number of hydrogen-bond acceptors (Lipinski definition) is 11. The molecule has 0 bridgehead atoms. The number of carbonyl (C=O) groups is 4. The van der Waals surface area contributed by atoms with Gasteiger partial charge in [-0.15, -0.1) is 0 Å². The van der Waals surface area contributed by atoms with Crippen LogP contribution in [0.4, 0.5) is 0 Å². The number of aliphatic hydroxyl groups excluding tert-OH is 1. The number of ether oxygens (including phenoxy) is 3. The highest BCUT2D eigenvalue weighted by Crippen LogP contribution is 2.38. The number of carbonyl (C=O) groups excluding carboxylic acids is 4. The van der Waals surface area contributed by atoms with Crippen LogP contribution in [0.15, 0.2) is 42.5 Å². The van der Waals surface area contributed by atoms with Gasteiger partial charge in [0.05, 0.1) is 30.7 Å². The number of aromatic hydroxyl groups is 1. The van der Waals surface area contributed by atoms with Crippen molar-refractivity contribution in [2.75, 3.05) is 32.2 Å². The largest absolute Gasteiger partial charge is 0.506 e. The Morgan fingerprint density at radius 2 is 1.70 bits per heavy atom. The molecule has 10 nitrogen and oxygen atoms in total. The van der Waals surface area contributed by atoms with Crippen LogP contribution in [-0.2, 0) is 19.0 Å². The molecule has 0 fully saturated rings. The fourth-order valence-electron chi connectivity index (χ4n) is 4.72. The number of fused-ring (bicyclic) bond motifs is 2. The van der Waals surface area contributed by atoms with E-state index in [0.717, 1.165) is 5.56 Å². The van der Waals surface area contributed by atoms with Gasteiger partial charge in [0.1, 0.15) is 30.1 Å².